The zero-order valence-corrected chi connectivity index (χ0v) is 13.5. The predicted octanol–water partition coefficient (Wildman–Crippen LogP) is 3.56. The molecule has 3 rings (SSSR count). The maximum atomic E-state index is 12.5. The van der Waals surface area contributed by atoms with Crippen molar-refractivity contribution in [3.05, 3.63) is 59.8 Å². The summed E-state index contributed by atoms with van der Waals surface area (Å²) in [6.07, 6.45) is 3.68. The number of piperidine rings is 1. The third-order valence-electron chi connectivity index (χ3n) is 4.29. The van der Waals surface area contributed by atoms with Crippen LogP contribution in [0.25, 0.3) is 0 Å². The van der Waals surface area contributed by atoms with Crippen LogP contribution in [0.5, 0.6) is 0 Å². The molecule has 1 saturated heterocycles. The van der Waals surface area contributed by atoms with Crippen molar-refractivity contribution >= 4 is 11.7 Å². The summed E-state index contributed by atoms with van der Waals surface area (Å²) in [4.78, 5) is 19.3. The van der Waals surface area contributed by atoms with E-state index in [9.17, 15) is 4.79 Å². The van der Waals surface area contributed by atoms with Crippen molar-refractivity contribution in [1.82, 2.24) is 10.3 Å². The van der Waals surface area contributed by atoms with Crippen molar-refractivity contribution in [3.8, 4) is 0 Å². The van der Waals surface area contributed by atoms with Crippen LogP contribution in [0.4, 0.5) is 5.82 Å². The lowest BCUT2D eigenvalue weighted by Gasteiger charge is -2.27. The molecule has 0 aliphatic carbocycles. The Morgan fingerprint density at radius 1 is 1.04 bits per heavy atom. The highest BCUT2D eigenvalue weighted by molar-refractivity contribution is 5.92. The molecule has 0 bridgehead atoms. The molecule has 2 aromatic rings. The van der Waals surface area contributed by atoms with Gasteiger partial charge < -0.3 is 10.2 Å². The number of amides is 1. The minimum absolute atomic E-state index is 0.0378. The molecule has 1 aliphatic rings. The molecule has 1 fully saturated rings. The molecule has 1 aromatic heterocycles. The minimum Gasteiger partial charge on any atom is -0.357 e. The summed E-state index contributed by atoms with van der Waals surface area (Å²) in [5.41, 5.74) is 1.57. The molecule has 1 unspecified atom stereocenters. The lowest BCUT2D eigenvalue weighted by atomic mass is 10.1. The maximum Gasteiger partial charge on any atom is 0.270 e. The van der Waals surface area contributed by atoms with Crippen molar-refractivity contribution in [2.45, 2.75) is 32.2 Å². The zero-order chi connectivity index (χ0) is 16.1. The van der Waals surface area contributed by atoms with E-state index in [4.69, 9.17) is 0 Å². The number of carbonyl (C=O) groups excluding carboxylic acids is 1. The van der Waals surface area contributed by atoms with Gasteiger partial charge in [0.15, 0.2) is 0 Å². The second-order valence-corrected chi connectivity index (χ2v) is 6.03. The van der Waals surface area contributed by atoms with E-state index in [0.717, 1.165) is 24.5 Å². The summed E-state index contributed by atoms with van der Waals surface area (Å²) in [5, 5.41) is 3.02. The van der Waals surface area contributed by atoms with Crippen LogP contribution in [0, 0.1) is 0 Å². The standard InChI is InChI=1S/C19H23N3O/c1-15(16-9-4-2-5-10-16)20-19(23)17-11-8-12-18(21-17)22-13-6-3-7-14-22/h2,4-5,8-12,15H,3,6-7,13-14H2,1H3,(H,20,23). The molecule has 0 radical (unpaired) electrons. The first-order chi connectivity index (χ1) is 11.2. The fraction of sp³-hybridized carbons (Fsp3) is 0.368. The average molecular weight is 309 g/mol. The van der Waals surface area contributed by atoms with Crippen molar-refractivity contribution in [2.24, 2.45) is 0 Å². The summed E-state index contributed by atoms with van der Waals surface area (Å²) in [5.74, 6) is 0.782. The smallest absolute Gasteiger partial charge is 0.270 e. The molecule has 23 heavy (non-hydrogen) atoms. The van der Waals surface area contributed by atoms with Gasteiger partial charge in [0.2, 0.25) is 0 Å². The van der Waals surface area contributed by atoms with Crippen molar-refractivity contribution in [1.29, 1.82) is 0 Å². The van der Waals surface area contributed by atoms with Gasteiger partial charge >= 0.3 is 0 Å². The number of benzene rings is 1. The number of aromatic nitrogens is 1. The van der Waals surface area contributed by atoms with E-state index < -0.39 is 0 Å². The average Bonchev–Trinajstić information content (AvgIpc) is 2.63. The van der Waals surface area contributed by atoms with E-state index in [-0.39, 0.29) is 11.9 Å². The Labute approximate surface area is 137 Å². The summed E-state index contributed by atoms with van der Waals surface area (Å²) in [6, 6.07) is 15.6. The van der Waals surface area contributed by atoms with E-state index >= 15 is 0 Å². The van der Waals surface area contributed by atoms with Crippen LogP contribution < -0.4 is 10.2 Å². The number of nitrogens with zero attached hydrogens (tertiary/aromatic N) is 2. The number of pyridine rings is 1. The van der Waals surface area contributed by atoms with Gasteiger partial charge in [-0.05, 0) is 43.9 Å². The van der Waals surface area contributed by atoms with Gasteiger partial charge in [-0.25, -0.2) is 4.98 Å². The number of carbonyl (C=O) groups is 1. The Hall–Kier alpha value is -2.36. The molecule has 1 atom stereocenters. The van der Waals surface area contributed by atoms with Gasteiger partial charge in [-0.15, -0.1) is 0 Å². The number of rotatable bonds is 4. The molecule has 1 N–H and O–H groups in total. The van der Waals surface area contributed by atoms with Crippen LogP contribution in [0.15, 0.2) is 48.5 Å². The van der Waals surface area contributed by atoms with Gasteiger partial charge in [-0.3, -0.25) is 4.79 Å². The molecule has 120 valence electrons. The van der Waals surface area contributed by atoms with Crippen LogP contribution in [-0.2, 0) is 0 Å². The molecular weight excluding hydrogens is 286 g/mol. The highest BCUT2D eigenvalue weighted by Gasteiger charge is 2.16. The van der Waals surface area contributed by atoms with Gasteiger partial charge in [0.05, 0.1) is 6.04 Å². The lowest BCUT2D eigenvalue weighted by molar-refractivity contribution is 0.0935. The van der Waals surface area contributed by atoms with Gasteiger partial charge in [0, 0.05) is 13.1 Å². The first-order valence-corrected chi connectivity index (χ1v) is 8.32. The Morgan fingerprint density at radius 2 is 1.78 bits per heavy atom. The van der Waals surface area contributed by atoms with E-state index in [2.05, 4.69) is 15.2 Å². The molecule has 2 heterocycles. The van der Waals surface area contributed by atoms with E-state index in [1.54, 1.807) is 6.07 Å². The van der Waals surface area contributed by atoms with Crippen molar-refractivity contribution < 1.29 is 4.79 Å². The predicted molar refractivity (Wildman–Crippen MR) is 92.6 cm³/mol. The number of hydrogen-bond acceptors (Lipinski definition) is 3. The number of anilines is 1. The SMILES string of the molecule is CC(NC(=O)c1cccc(N2CCCCC2)n1)c1ccccc1. The van der Waals surface area contributed by atoms with Gasteiger partial charge in [-0.1, -0.05) is 36.4 Å². The molecule has 1 amide bonds. The summed E-state index contributed by atoms with van der Waals surface area (Å²) >= 11 is 0. The molecule has 4 heteroatoms. The van der Waals surface area contributed by atoms with E-state index in [1.165, 1.54) is 19.3 Å². The Balaban J connectivity index is 1.69. The summed E-state index contributed by atoms with van der Waals surface area (Å²) in [6.45, 7) is 4.04. The Morgan fingerprint density at radius 3 is 2.52 bits per heavy atom. The molecule has 4 nitrogen and oxygen atoms in total. The van der Waals surface area contributed by atoms with Crippen molar-refractivity contribution in [2.75, 3.05) is 18.0 Å². The van der Waals surface area contributed by atoms with Gasteiger partial charge in [0.1, 0.15) is 11.5 Å². The quantitative estimate of drug-likeness (QED) is 0.939. The van der Waals surface area contributed by atoms with E-state index in [1.807, 2.05) is 49.4 Å². The number of nitrogens with one attached hydrogen (secondary N) is 1. The highest BCUT2D eigenvalue weighted by Crippen LogP contribution is 2.18. The van der Waals surface area contributed by atoms with Crippen LogP contribution in [0.1, 0.15) is 48.3 Å². The third kappa shape index (κ3) is 3.89. The molecule has 1 aromatic carbocycles. The highest BCUT2D eigenvalue weighted by atomic mass is 16.1. The van der Waals surface area contributed by atoms with Crippen LogP contribution in [0.3, 0.4) is 0 Å². The largest absolute Gasteiger partial charge is 0.357 e. The normalized spacial score (nSPS) is 16.0. The lowest BCUT2D eigenvalue weighted by Crippen LogP contribution is -2.31. The fourth-order valence-electron chi connectivity index (χ4n) is 2.94. The fourth-order valence-corrected chi connectivity index (χ4v) is 2.94. The molecule has 1 aliphatic heterocycles. The second kappa shape index (κ2) is 7.27. The zero-order valence-electron chi connectivity index (χ0n) is 13.5. The molecule has 0 saturated carbocycles. The summed E-state index contributed by atoms with van der Waals surface area (Å²) < 4.78 is 0. The van der Waals surface area contributed by atoms with Crippen LogP contribution in [-0.4, -0.2) is 24.0 Å². The topological polar surface area (TPSA) is 45.2 Å². The van der Waals surface area contributed by atoms with Crippen molar-refractivity contribution in [3.63, 3.8) is 0 Å². The number of hydrogen-bond donors (Lipinski definition) is 1. The van der Waals surface area contributed by atoms with E-state index in [0.29, 0.717) is 5.69 Å². The first kappa shape index (κ1) is 15.5. The maximum absolute atomic E-state index is 12.5. The van der Waals surface area contributed by atoms with Gasteiger partial charge in [-0.2, -0.15) is 0 Å². The monoisotopic (exact) mass is 309 g/mol. The first-order valence-electron chi connectivity index (χ1n) is 8.32. The Kier molecular flexibility index (Phi) is 4.91. The van der Waals surface area contributed by atoms with Gasteiger partial charge in [0.25, 0.3) is 5.91 Å². The summed E-state index contributed by atoms with van der Waals surface area (Å²) in [7, 11) is 0. The minimum atomic E-state index is -0.125. The second-order valence-electron chi connectivity index (χ2n) is 6.03. The van der Waals surface area contributed by atoms with Crippen LogP contribution in [0.2, 0.25) is 0 Å². The third-order valence-corrected chi connectivity index (χ3v) is 4.29. The Bertz CT molecular complexity index is 651. The molecular formula is C19H23N3O. The molecule has 0 spiro atoms. The van der Waals surface area contributed by atoms with Crippen LogP contribution >= 0.6 is 0 Å².